The van der Waals surface area contributed by atoms with Gasteiger partial charge in [0.1, 0.15) is 5.82 Å². The highest BCUT2D eigenvalue weighted by Gasteiger charge is 2.11. The summed E-state index contributed by atoms with van der Waals surface area (Å²) in [6, 6.07) is 3.91. The lowest BCUT2D eigenvalue weighted by Crippen LogP contribution is -2.12. The largest absolute Gasteiger partial charge is 0.396 e. The van der Waals surface area contributed by atoms with E-state index in [1.54, 1.807) is 0 Å². The van der Waals surface area contributed by atoms with Crippen LogP contribution in [0.2, 0.25) is 5.02 Å². The van der Waals surface area contributed by atoms with Gasteiger partial charge in [-0.05, 0) is 31.0 Å². The maximum atomic E-state index is 13.2. The van der Waals surface area contributed by atoms with Gasteiger partial charge in [-0.1, -0.05) is 11.6 Å². The molecule has 0 amide bonds. The summed E-state index contributed by atoms with van der Waals surface area (Å²) in [6.45, 7) is 0.0654. The molecule has 0 bridgehead atoms. The van der Waals surface area contributed by atoms with Gasteiger partial charge < -0.3 is 10.8 Å². The van der Waals surface area contributed by atoms with E-state index in [9.17, 15) is 4.39 Å². The van der Waals surface area contributed by atoms with Crippen LogP contribution in [-0.2, 0) is 0 Å². The first-order valence-corrected chi connectivity index (χ1v) is 4.84. The topological polar surface area (TPSA) is 46.2 Å². The van der Waals surface area contributed by atoms with Crippen molar-refractivity contribution in [1.82, 2.24) is 0 Å². The summed E-state index contributed by atoms with van der Waals surface area (Å²) in [5.41, 5.74) is 6.15. The van der Waals surface area contributed by atoms with Crippen molar-refractivity contribution in [2.24, 2.45) is 5.73 Å². The smallest absolute Gasteiger partial charge is 0.128 e. The standard InChI is InChI=1S/C10H13ClFNO/c11-7-3-4-9(12)8(6-7)10(13)2-1-5-14/h3-4,6,10,14H,1-2,5,13H2. The minimum atomic E-state index is -0.402. The van der Waals surface area contributed by atoms with Crippen molar-refractivity contribution in [2.75, 3.05) is 6.61 Å². The molecule has 1 unspecified atom stereocenters. The van der Waals surface area contributed by atoms with Crippen LogP contribution < -0.4 is 5.73 Å². The number of rotatable bonds is 4. The molecule has 0 saturated carbocycles. The highest BCUT2D eigenvalue weighted by molar-refractivity contribution is 6.30. The van der Waals surface area contributed by atoms with Crippen LogP contribution in [0, 0.1) is 5.82 Å². The second kappa shape index (κ2) is 5.29. The molecule has 0 aromatic heterocycles. The zero-order valence-electron chi connectivity index (χ0n) is 7.71. The van der Waals surface area contributed by atoms with E-state index in [1.807, 2.05) is 0 Å². The Hall–Kier alpha value is -0.640. The van der Waals surface area contributed by atoms with Crippen LogP contribution in [-0.4, -0.2) is 11.7 Å². The molecule has 0 heterocycles. The number of hydrogen-bond acceptors (Lipinski definition) is 2. The number of aliphatic hydroxyl groups is 1. The molecule has 0 aliphatic heterocycles. The number of halogens is 2. The van der Waals surface area contributed by atoms with Gasteiger partial charge in [-0.25, -0.2) is 4.39 Å². The van der Waals surface area contributed by atoms with Crippen LogP contribution in [0.25, 0.3) is 0 Å². The van der Waals surface area contributed by atoms with Gasteiger partial charge in [-0.15, -0.1) is 0 Å². The summed E-state index contributed by atoms with van der Waals surface area (Å²) >= 11 is 5.72. The van der Waals surface area contributed by atoms with Gasteiger partial charge in [0.05, 0.1) is 0 Å². The van der Waals surface area contributed by atoms with Gasteiger partial charge in [-0.3, -0.25) is 0 Å². The summed E-state index contributed by atoms with van der Waals surface area (Å²) in [7, 11) is 0. The van der Waals surface area contributed by atoms with Gasteiger partial charge in [-0.2, -0.15) is 0 Å². The molecule has 0 radical (unpaired) electrons. The molecule has 0 fully saturated rings. The Morgan fingerprint density at radius 2 is 2.21 bits per heavy atom. The van der Waals surface area contributed by atoms with E-state index in [0.717, 1.165) is 0 Å². The van der Waals surface area contributed by atoms with E-state index >= 15 is 0 Å². The number of benzene rings is 1. The average Bonchev–Trinajstić information content (AvgIpc) is 2.18. The Balaban J connectivity index is 2.77. The fraction of sp³-hybridized carbons (Fsp3) is 0.400. The number of aliphatic hydroxyl groups excluding tert-OH is 1. The van der Waals surface area contributed by atoms with E-state index in [1.165, 1.54) is 18.2 Å². The highest BCUT2D eigenvalue weighted by atomic mass is 35.5. The van der Waals surface area contributed by atoms with E-state index in [2.05, 4.69) is 0 Å². The SMILES string of the molecule is NC(CCCO)c1cc(Cl)ccc1F. The molecule has 1 aromatic rings. The first-order valence-electron chi connectivity index (χ1n) is 4.46. The predicted molar refractivity (Wildman–Crippen MR) is 54.7 cm³/mol. The van der Waals surface area contributed by atoms with Crippen LogP contribution >= 0.6 is 11.6 Å². The maximum absolute atomic E-state index is 13.2. The van der Waals surface area contributed by atoms with Crippen molar-refractivity contribution in [3.8, 4) is 0 Å². The molecular formula is C10H13ClFNO. The molecule has 4 heteroatoms. The van der Waals surface area contributed by atoms with Gasteiger partial charge in [0.25, 0.3) is 0 Å². The summed E-state index contributed by atoms with van der Waals surface area (Å²) in [5, 5.41) is 9.08. The van der Waals surface area contributed by atoms with E-state index in [0.29, 0.717) is 23.4 Å². The van der Waals surface area contributed by atoms with E-state index in [-0.39, 0.29) is 12.4 Å². The third kappa shape index (κ3) is 2.94. The van der Waals surface area contributed by atoms with Crippen molar-refractivity contribution < 1.29 is 9.50 Å². The van der Waals surface area contributed by atoms with Crippen LogP contribution in [0.3, 0.4) is 0 Å². The second-order valence-corrected chi connectivity index (χ2v) is 3.57. The summed E-state index contributed by atoms with van der Waals surface area (Å²) < 4.78 is 13.2. The Morgan fingerprint density at radius 3 is 2.86 bits per heavy atom. The molecule has 1 atom stereocenters. The lowest BCUT2D eigenvalue weighted by molar-refractivity contribution is 0.279. The van der Waals surface area contributed by atoms with Crippen LogP contribution in [0.4, 0.5) is 4.39 Å². The lowest BCUT2D eigenvalue weighted by atomic mass is 10.0. The summed E-state index contributed by atoms with van der Waals surface area (Å²) in [5.74, 6) is -0.347. The second-order valence-electron chi connectivity index (χ2n) is 3.14. The molecule has 0 aliphatic rings. The predicted octanol–water partition coefficient (Wildman–Crippen LogP) is 2.25. The lowest BCUT2D eigenvalue weighted by Gasteiger charge is -2.12. The van der Waals surface area contributed by atoms with Gasteiger partial charge >= 0.3 is 0 Å². The quantitative estimate of drug-likeness (QED) is 0.813. The minimum absolute atomic E-state index is 0.0654. The zero-order valence-corrected chi connectivity index (χ0v) is 8.47. The third-order valence-electron chi connectivity index (χ3n) is 2.03. The fourth-order valence-corrected chi connectivity index (χ4v) is 1.45. The van der Waals surface area contributed by atoms with Crippen molar-refractivity contribution >= 4 is 11.6 Å². The molecule has 1 aromatic carbocycles. The number of nitrogens with two attached hydrogens (primary N) is 1. The third-order valence-corrected chi connectivity index (χ3v) is 2.27. The first-order chi connectivity index (χ1) is 6.65. The van der Waals surface area contributed by atoms with E-state index < -0.39 is 6.04 Å². The molecule has 2 nitrogen and oxygen atoms in total. The number of hydrogen-bond donors (Lipinski definition) is 2. The minimum Gasteiger partial charge on any atom is -0.396 e. The zero-order chi connectivity index (χ0) is 10.6. The first kappa shape index (κ1) is 11.4. The Morgan fingerprint density at radius 1 is 1.50 bits per heavy atom. The van der Waals surface area contributed by atoms with Crippen LogP contribution in [0.15, 0.2) is 18.2 Å². The Bertz CT molecular complexity index is 306. The van der Waals surface area contributed by atoms with Gasteiger partial charge in [0.15, 0.2) is 0 Å². The van der Waals surface area contributed by atoms with Crippen molar-refractivity contribution in [3.05, 3.63) is 34.6 Å². The summed E-state index contributed by atoms with van der Waals surface area (Å²) in [6.07, 6.45) is 1.11. The normalized spacial score (nSPS) is 12.9. The van der Waals surface area contributed by atoms with Crippen molar-refractivity contribution in [3.63, 3.8) is 0 Å². The fourth-order valence-electron chi connectivity index (χ4n) is 1.27. The molecule has 14 heavy (non-hydrogen) atoms. The maximum Gasteiger partial charge on any atom is 0.128 e. The van der Waals surface area contributed by atoms with Crippen molar-refractivity contribution in [2.45, 2.75) is 18.9 Å². The van der Waals surface area contributed by atoms with Crippen molar-refractivity contribution in [1.29, 1.82) is 0 Å². The van der Waals surface area contributed by atoms with Crippen LogP contribution in [0.1, 0.15) is 24.4 Å². The molecule has 1 rings (SSSR count). The van der Waals surface area contributed by atoms with Gasteiger partial charge in [0, 0.05) is 23.2 Å². The highest BCUT2D eigenvalue weighted by Crippen LogP contribution is 2.22. The Labute approximate surface area is 87.5 Å². The monoisotopic (exact) mass is 217 g/mol. The van der Waals surface area contributed by atoms with Gasteiger partial charge in [0.2, 0.25) is 0 Å². The molecule has 0 saturated heterocycles. The molecule has 3 N–H and O–H groups in total. The average molecular weight is 218 g/mol. The molecule has 0 spiro atoms. The summed E-state index contributed by atoms with van der Waals surface area (Å²) in [4.78, 5) is 0. The van der Waals surface area contributed by atoms with E-state index in [4.69, 9.17) is 22.4 Å². The Kier molecular flexibility index (Phi) is 4.32. The molecular weight excluding hydrogens is 205 g/mol. The van der Waals surface area contributed by atoms with Crippen LogP contribution in [0.5, 0.6) is 0 Å². The molecule has 0 aliphatic carbocycles. The molecule has 78 valence electrons.